The first-order valence-electron chi connectivity index (χ1n) is 5.88. The summed E-state index contributed by atoms with van der Waals surface area (Å²) in [5.41, 5.74) is 2.73. The Bertz CT molecular complexity index is 501. The molecule has 1 saturated carbocycles. The number of piperidine rings is 1. The van der Waals surface area contributed by atoms with Crippen LogP contribution in [0.3, 0.4) is 0 Å². The van der Waals surface area contributed by atoms with Gasteiger partial charge in [-0.25, -0.2) is 0 Å². The molecular weight excluding hydrogens is 222 g/mol. The first-order valence-corrected chi connectivity index (χ1v) is 6.26. The number of nitrogens with one attached hydrogen (secondary N) is 1. The highest BCUT2D eigenvalue weighted by Crippen LogP contribution is 2.61. The van der Waals surface area contributed by atoms with Gasteiger partial charge in [0.1, 0.15) is 5.75 Å². The average molecular weight is 236 g/mol. The molecule has 84 valence electrons. The summed E-state index contributed by atoms with van der Waals surface area (Å²) in [7, 11) is 0. The van der Waals surface area contributed by atoms with Crippen LogP contribution in [0, 0.1) is 5.92 Å². The maximum Gasteiger partial charge on any atom is 0.134 e. The molecule has 0 radical (unpaired) electrons. The molecule has 0 aromatic heterocycles. The largest absolute Gasteiger partial charge is 0.506 e. The molecule has 1 unspecified atom stereocenters. The van der Waals surface area contributed by atoms with E-state index >= 15 is 0 Å². The van der Waals surface area contributed by atoms with Crippen LogP contribution < -0.4 is 5.32 Å². The maximum atomic E-state index is 9.75. The van der Waals surface area contributed by atoms with Crippen LogP contribution in [0.2, 0.25) is 5.02 Å². The number of hydrogen-bond acceptors (Lipinski definition) is 2. The van der Waals surface area contributed by atoms with Gasteiger partial charge < -0.3 is 10.4 Å². The molecule has 1 aliphatic heterocycles. The predicted octanol–water partition coefficient (Wildman–Crippen LogP) is 2.22. The van der Waals surface area contributed by atoms with Crippen LogP contribution in [0.15, 0.2) is 12.1 Å². The Kier molecular flexibility index (Phi) is 1.50. The summed E-state index contributed by atoms with van der Waals surface area (Å²) in [5, 5.41) is 13.9. The Labute approximate surface area is 99.6 Å². The van der Waals surface area contributed by atoms with Gasteiger partial charge in [-0.3, -0.25) is 0 Å². The molecule has 1 aromatic rings. The Hall–Kier alpha value is -0.730. The Balaban J connectivity index is 1.97. The standard InChI is InChI=1S/C13H14ClNO/c1-13-5-8-11(13)7(15-8)4-6-2-3-9(16)12(14)10(6)13/h2-3,7-8,11,15-16H,4-5H2,1H3/t7-,8?,11-,13+/m1/s1. The predicted molar refractivity (Wildman–Crippen MR) is 63.0 cm³/mol. The summed E-state index contributed by atoms with van der Waals surface area (Å²) < 4.78 is 0. The molecule has 0 amide bonds. The van der Waals surface area contributed by atoms with Crippen LogP contribution in [0.25, 0.3) is 0 Å². The fourth-order valence-electron chi connectivity index (χ4n) is 4.23. The normalized spacial score (nSPS) is 42.8. The van der Waals surface area contributed by atoms with Gasteiger partial charge in [0.05, 0.1) is 5.02 Å². The molecular formula is C13H14ClNO. The molecule has 0 spiro atoms. The van der Waals surface area contributed by atoms with Crippen molar-refractivity contribution in [3.05, 3.63) is 28.3 Å². The van der Waals surface area contributed by atoms with E-state index in [9.17, 15) is 5.11 Å². The molecule has 2 nitrogen and oxygen atoms in total. The molecule has 3 heteroatoms. The van der Waals surface area contributed by atoms with Crippen molar-refractivity contribution >= 4 is 11.6 Å². The van der Waals surface area contributed by atoms with Gasteiger partial charge in [0.25, 0.3) is 0 Å². The summed E-state index contributed by atoms with van der Waals surface area (Å²) in [6.45, 7) is 2.30. The zero-order valence-corrected chi connectivity index (χ0v) is 9.88. The van der Waals surface area contributed by atoms with Crippen molar-refractivity contribution in [1.29, 1.82) is 0 Å². The van der Waals surface area contributed by atoms with E-state index in [4.69, 9.17) is 11.6 Å². The van der Waals surface area contributed by atoms with E-state index < -0.39 is 0 Å². The summed E-state index contributed by atoms with van der Waals surface area (Å²) in [6.07, 6.45) is 2.22. The summed E-state index contributed by atoms with van der Waals surface area (Å²) in [5.74, 6) is 0.968. The fraction of sp³-hybridized carbons (Fsp3) is 0.538. The smallest absolute Gasteiger partial charge is 0.134 e. The average Bonchev–Trinajstić information content (AvgIpc) is 2.18. The topological polar surface area (TPSA) is 32.3 Å². The Morgan fingerprint density at radius 3 is 3.00 bits per heavy atom. The molecule has 0 bridgehead atoms. The molecule has 2 aliphatic carbocycles. The van der Waals surface area contributed by atoms with Crippen LogP contribution in [0.5, 0.6) is 5.75 Å². The quantitative estimate of drug-likeness (QED) is 0.723. The summed E-state index contributed by atoms with van der Waals surface area (Å²) in [4.78, 5) is 0. The van der Waals surface area contributed by atoms with Gasteiger partial charge in [-0.1, -0.05) is 24.6 Å². The summed E-state index contributed by atoms with van der Waals surface area (Å²) >= 11 is 6.29. The second kappa shape index (κ2) is 2.57. The van der Waals surface area contributed by atoms with E-state index in [0.717, 1.165) is 18.8 Å². The minimum absolute atomic E-state index is 0.198. The Morgan fingerprint density at radius 1 is 1.44 bits per heavy atom. The minimum Gasteiger partial charge on any atom is -0.506 e. The van der Waals surface area contributed by atoms with Crippen molar-refractivity contribution in [2.45, 2.75) is 37.3 Å². The lowest BCUT2D eigenvalue weighted by molar-refractivity contribution is -0.0584. The molecule has 16 heavy (non-hydrogen) atoms. The summed E-state index contributed by atoms with van der Waals surface area (Å²) in [6, 6.07) is 5.09. The lowest BCUT2D eigenvalue weighted by atomic mass is 9.44. The minimum atomic E-state index is 0.198. The van der Waals surface area contributed by atoms with Crippen molar-refractivity contribution in [2.75, 3.05) is 0 Å². The molecule has 4 rings (SSSR count). The van der Waals surface area contributed by atoms with Crippen molar-refractivity contribution in [1.82, 2.24) is 5.32 Å². The number of aromatic hydroxyl groups is 1. The van der Waals surface area contributed by atoms with Gasteiger partial charge in [0, 0.05) is 17.5 Å². The van der Waals surface area contributed by atoms with Crippen LogP contribution in [-0.4, -0.2) is 17.2 Å². The van der Waals surface area contributed by atoms with Crippen LogP contribution in [-0.2, 0) is 11.8 Å². The monoisotopic (exact) mass is 235 g/mol. The lowest BCUT2D eigenvalue weighted by Gasteiger charge is -2.68. The molecule has 1 heterocycles. The number of phenolic OH excluding ortho intramolecular Hbond substituents is 1. The van der Waals surface area contributed by atoms with Crippen LogP contribution in [0.1, 0.15) is 24.5 Å². The zero-order chi connectivity index (χ0) is 11.1. The van der Waals surface area contributed by atoms with Gasteiger partial charge in [-0.15, -0.1) is 0 Å². The highest BCUT2D eigenvalue weighted by molar-refractivity contribution is 6.33. The van der Waals surface area contributed by atoms with Gasteiger partial charge >= 0.3 is 0 Å². The van der Waals surface area contributed by atoms with Crippen molar-refractivity contribution in [2.24, 2.45) is 5.92 Å². The van der Waals surface area contributed by atoms with Crippen LogP contribution >= 0.6 is 11.6 Å². The molecule has 2 fully saturated rings. The number of benzene rings is 1. The molecule has 1 saturated heterocycles. The van der Waals surface area contributed by atoms with Gasteiger partial charge in [-0.05, 0) is 36.0 Å². The maximum absolute atomic E-state index is 9.75. The van der Waals surface area contributed by atoms with Gasteiger partial charge in [-0.2, -0.15) is 0 Å². The van der Waals surface area contributed by atoms with E-state index in [1.54, 1.807) is 6.07 Å². The number of phenols is 1. The highest BCUT2D eigenvalue weighted by atomic mass is 35.5. The molecule has 3 aliphatic rings. The Morgan fingerprint density at radius 2 is 2.25 bits per heavy atom. The number of rotatable bonds is 0. The lowest BCUT2D eigenvalue weighted by Crippen LogP contribution is -2.78. The first-order chi connectivity index (χ1) is 7.61. The third-order valence-corrected chi connectivity index (χ3v) is 5.28. The van der Waals surface area contributed by atoms with Crippen molar-refractivity contribution in [3.8, 4) is 5.75 Å². The van der Waals surface area contributed by atoms with E-state index in [1.165, 1.54) is 11.1 Å². The zero-order valence-electron chi connectivity index (χ0n) is 9.13. The highest BCUT2D eigenvalue weighted by Gasteiger charge is 2.64. The number of fused-ring (bicyclic) bond motifs is 2. The second-order valence-electron chi connectivity index (χ2n) is 5.66. The van der Waals surface area contributed by atoms with E-state index in [0.29, 0.717) is 17.1 Å². The van der Waals surface area contributed by atoms with Crippen molar-refractivity contribution < 1.29 is 5.11 Å². The molecule has 2 N–H and O–H groups in total. The molecule has 4 atom stereocenters. The second-order valence-corrected chi connectivity index (χ2v) is 6.04. The third-order valence-electron chi connectivity index (χ3n) is 4.89. The van der Waals surface area contributed by atoms with Gasteiger partial charge in [0.2, 0.25) is 0 Å². The number of hydrogen-bond donors (Lipinski definition) is 2. The van der Waals surface area contributed by atoms with E-state index in [-0.39, 0.29) is 11.2 Å². The first kappa shape index (κ1) is 9.32. The molecule has 1 aromatic carbocycles. The van der Waals surface area contributed by atoms with E-state index in [1.807, 2.05) is 6.07 Å². The van der Waals surface area contributed by atoms with Crippen molar-refractivity contribution in [3.63, 3.8) is 0 Å². The van der Waals surface area contributed by atoms with Gasteiger partial charge in [0.15, 0.2) is 0 Å². The number of halogens is 1. The SMILES string of the molecule is C[C@]12CC3N[C@H](Cc4ccc(O)c(Cl)c41)[C@H]32. The third kappa shape index (κ3) is 0.823. The van der Waals surface area contributed by atoms with Crippen LogP contribution in [0.4, 0.5) is 0 Å². The fourth-order valence-corrected chi connectivity index (χ4v) is 4.63. The van der Waals surface area contributed by atoms with E-state index in [2.05, 4.69) is 12.2 Å².